The Morgan fingerprint density at radius 1 is 1.39 bits per heavy atom. The lowest BCUT2D eigenvalue weighted by atomic mass is 9.89. The van der Waals surface area contributed by atoms with Gasteiger partial charge >= 0.3 is 0 Å². The van der Waals surface area contributed by atoms with E-state index in [9.17, 15) is 9.59 Å². The summed E-state index contributed by atoms with van der Waals surface area (Å²) in [6.07, 6.45) is 3.12. The number of anilines is 1. The van der Waals surface area contributed by atoms with E-state index >= 15 is 0 Å². The van der Waals surface area contributed by atoms with Gasteiger partial charge in [0.15, 0.2) is 0 Å². The van der Waals surface area contributed by atoms with E-state index in [1.54, 1.807) is 30.5 Å². The zero-order valence-corrected chi connectivity index (χ0v) is 17.1. The van der Waals surface area contributed by atoms with E-state index in [0.717, 1.165) is 35.2 Å². The molecule has 7 heteroatoms. The predicted octanol–water partition coefficient (Wildman–Crippen LogP) is 3.64. The summed E-state index contributed by atoms with van der Waals surface area (Å²) in [7, 11) is 1.61. The van der Waals surface area contributed by atoms with E-state index in [-0.39, 0.29) is 17.5 Å². The number of H-pyrrole nitrogens is 1. The van der Waals surface area contributed by atoms with Gasteiger partial charge in [0, 0.05) is 23.2 Å². The van der Waals surface area contributed by atoms with Crippen LogP contribution in [0.1, 0.15) is 52.9 Å². The number of carbonyl (C=O) groups excluding carboxylic acids is 1. The minimum Gasteiger partial charge on any atom is -0.375 e. The molecule has 0 unspecified atom stereocenters. The highest BCUT2D eigenvalue weighted by atomic mass is 32.1. The van der Waals surface area contributed by atoms with Crippen LogP contribution in [0.3, 0.4) is 0 Å². The van der Waals surface area contributed by atoms with Crippen molar-refractivity contribution in [1.29, 1.82) is 0 Å². The molecule has 3 N–H and O–H groups in total. The summed E-state index contributed by atoms with van der Waals surface area (Å²) in [4.78, 5) is 34.5. The van der Waals surface area contributed by atoms with Crippen molar-refractivity contribution in [3.8, 4) is 0 Å². The third-order valence-corrected chi connectivity index (χ3v) is 6.48. The number of thiophene rings is 1. The van der Waals surface area contributed by atoms with Crippen LogP contribution in [0.4, 0.5) is 5.69 Å². The van der Waals surface area contributed by atoms with Gasteiger partial charge in [0.25, 0.3) is 11.5 Å². The summed E-state index contributed by atoms with van der Waals surface area (Å²) in [5.74, 6) is 1.13. The zero-order valence-electron chi connectivity index (χ0n) is 16.3. The van der Waals surface area contributed by atoms with Crippen molar-refractivity contribution in [2.24, 2.45) is 5.92 Å². The molecule has 0 aliphatic heterocycles. The van der Waals surface area contributed by atoms with Gasteiger partial charge in [-0.3, -0.25) is 9.59 Å². The predicted molar refractivity (Wildman–Crippen MR) is 113 cm³/mol. The lowest BCUT2D eigenvalue weighted by molar-refractivity contribution is 0.0963. The van der Waals surface area contributed by atoms with Crippen molar-refractivity contribution in [2.75, 3.05) is 12.4 Å². The van der Waals surface area contributed by atoms with Crippen LogP contribution in [0.5, 0.6) is 0 Å². The number of benzene rings is 1. The standard InChI is InChI=1S/C21H24N4O2S/c1-11-7-8-15-16(9-11)28-21-17(15)20(27)24-18(25-21)12(2)23-14-6-4-5-13(10-14)19(26)22-3/h4-6,10-12,23H,7-9H2,1-3H3,(H,22,26)(H,24,25,27)/t11-,12+/m0/s1. The van der Waals surface area contributed by atoms with E-state index in [4.69, 9.17) is 4.98 Å². The Bertz CT molecular complexity index is 1100. The number of hydrogen-bond acceptors (Lipinski definition) is 5. The summed E-state index contributed by atoms with van der Waals surface area (Å²) in [6, 6.07) is 7.07. The Morgan fingerprint density at radius 3 is 3.00 bits per heavy atom. The number of fused-ring (bicyclic) bond motifs is 3. The smallest absolute Gasteiger partial charge is 0.259 e. The fourth-order valence-electron chi connectivity index (χ4n) is 3.78. The molecule has 0 spiro atoms. The van der Waals surface area contributed by atoms with Crippen molar-refractivity contribution >= 4 is 33.1 Å². The van der Waals surface area contributed by atoms with Gasteiger partial charge in [0.05, 0.1) is 11.4 Å². The SMILES string of the molecule is CNC(=O)c1cccc(N[C@H](C)c2nc3sc4c(c3c(=O)[nH]2)CC[C@H](C)C4)c1. The van der Waals surface area contributed by atoms with Gasteiger partial charge in [-0.25, -0.2) is 4.98 Å². The largest absolute Gasteiger partial charge is 0.375 e. The average molecular weight is 397 g/mol. The van der Waals surface area contributed by atoms with Crippen molar-refractivity contribution in [1.82, 2.24) is 15.3 Å². The summed E-state index contributed by atoms with van der Waals surface area (Å²) in [5, 5.41) is 6.72. The van der Waals surface area contributed by atoms with Gasteiger partial charge < -0.3 is 15.6 Å². The molecule has 146 valence electrons. The molecule has 0 fully saturated rings. The quantitative estimate of drug-likeness (QED) is 0.628. The van der Waals surface area contributed by atoms with Gasteiger partial charge in [-0.2, -0.15) is 0 Å². The highest BCUT2D eigenvalue weighted by Crippen LogP contribution is 2.36. The normalized spacial score (nSPS) is 17.2. The fourth-order valence-corrected chi connectivity index (χ4v) is 5.17. The Morgan fingerprint density at radius 2 is 2.21 bits per heavy atom. The maximum atomic E-state index is 12.8. The summed E-state index contributed by atoms with van der Waals surface area (Å²) >= 11 is 1.65. The molecule has 6 nitrogen and oxygen atoms in total. The lowest BCUT2D eigenvalue weighted by Gasteiger charge is -2.17. The fraction of sp³-hybridized carbons (Fsp3) is 0.381. The summed E-state index contributed by atoms with van der Waals surface area (Å²) in [5.41, 5.74) is 2.52. The van der Waals surface area contributed by atoms with E-state index < -0.39 is 0 Å². The number of rotatable bonds is 4. The van der Waals surface area contributed by atoms with Crippen LogP contribution < -0.4 is 16.2 Å². The van der Waals surface area contributed by atoms with Crippen molar-refractivity contribution < 1.29 is 4.79 Å². The van der Waals surface area contributed by atoms with Gasteiger partial charge in [-0.15, -0.1) is 11.3 Å². The third-order valence-electron chi connectivity index (χ3n) is 5.33. The number of nitrogens with zero attached hydrogens (tertiary/aromatic N) is 1. The summed E-state index contributed by atoms with van der Waals surface area (Å²) < 4.78 is 0. The monoisotopic (exact) mass is 396 g/mol. The number of aryl methyl sites for hydroxylation is 1. The zero-order chi connectivity index (χ0) is 19.8. The highest BCUT2D eigenvalue weighted by Gasteiger charge is 2.23. The molecule has 0 saturated heterocycles. The molecule has 28 heavy (non-hydrogen) atoms. The van der Waals surface area contributed by atoms with Crippen LogP contribution in [0, 0.1) is 5.92 Å². The first-order chi connectivity index (χ1) is 13.5. The Hall–Kier alpha value is -2.67. The Balaban J connectivity index is 1.64. The number of aromatic nitrogens is 2. The first-order valence-corrected chi connectivity index (χ1v) is 10.4. The van der Waals surface area contributed by atoms with Crippen LogP contribution in [0.15, 0.2) is 29.1 Å². The molecule has 0 radical (unpaired) electrons. The molecular weight excluding hydrogens is 372 g/mol. The van der Waals surface area contributed by atoms with Crippen LogP contribution in [-0.4, -0.2) is 22.9 Å². The summed E-state index contributed by atoms with van der Waals surface area (Å²) in [6.45, 7) is 4.21. The molecule has 0 bridgehead atoms. The number of hydrogen-bond donors (Lipinski definition) is 3. The molecule has 2 heterocycles. The third kappa shape index (κ3) is 3.42. The van der Waals surface area contributed by atoms with E-state index in [2.05, 4.69) is 22.5 Å². The molecule has 0 saturated carbocycles. The highest BCUT2D eigenvalue weighted by molar-refractivity contribution is 7.18. The maximum absolute atomic E-state index is 12.8. The van der Waals surface area contributed by atoms with Gasteiger partial charge in [-0.1, -0.05) is 13.0 Å². The second-order valence-electron chi connectivity index (χ2n) is 7.51. The molecule has 2 atom stereocenters. The van der Waals surface area contributed by atoms with Gasteiger partial charge in [-0.05, 0) is 55.9 Å². The van der Waals surface area contributed by atoms with E-state index in [0.29, 0.717) is 17.3 Å². The lowest BCUT2D eigenvalue weighted by Crippen LogP contribution is -2.19. The van der Waals surface area contributed by atoms with Gasteiger partial charge in [0.1, 0.15) is 10.7 Å². The van der Waals surface area contributed by atoms with Gasteiger partial charge in [0.2, 0.25) is 0 Å². The molecule has 1 aliphatic rings. The first kappa shape index (κ1) is 18.7. The van der Waals surface area contributed by atoms with Crippen molar-refractivity contribution in [3.05, 3.63) is 56.4 Å². The molecule has 4 rings (SSSR count). The molecule has 3 aromatic rings. The number of carbonyl (C=O) groups is 1. The maximum Gasteiger partial charge on any atom is 0.259 e. The van der Waals surface area contributed by atoms with E-state index in [1.807, 2.05) is 19.1 Å². The molecule has 2 aromatic heterocycles. The minimum absolute atomic E-state index is 0.0557. The Labute approximate surface area is 167 Å². The molecule has 1 aromatic carbocycles. The number of aromatic amines is 1. The molecule has 1 amide bonds. The second kappa shape index (κ2) is 7.39. The van der Waals surface area contributed by atoms with Crippen LogP contribution in [0.2, 0.25) is 0 Å². The minimum atomic E-state index is -0.199. The van der Waals surface area contributed by atoms with Crippen molar-refractivity contribution in [2.45, 2.75) is 39.2 Å². The van der Waals surface area contributed by atoms with Crippen LogP contribution in [-0.2, 0) is 12.8 Å². The topological polar surface area (TPSA) is 86.9 Å². The first-order valence-electron chi connectivity index (χ1n) is 9.59. The average Bonchev–Trinajstić information content (AvgIpc) is 3.05. The van der Waals surface area contributed by atoms with Crippen molar-refractivity contribution in [3.63, 3.8) is 0 Å². The molecular formula is C21H24N4O2S. The van der Waals surface area contributed by atoms with Crippen LogP contribution in [0.25, 0.3) is 10.2 Å². The number of amides is 1. The van der Waals surface area contributed by atoms with E-state index in [1.165, 1.54) is 10.4 Å². The molecule has 1 aliphatic carbocycles. The Kier molecular flexibility index (Phi) is 4.93. The second-order valence-corrected chi connectivity index (χ2v) is 8.59. The van der Waals surface area contributed by atoms with Crippen LogP contribution >= 0.6 is 11.3 Å². The number of nitrogens with one attached hydrogen (secondary N) is 3.